The molecule has 9 heteroatoms. The molecule has 1 aliphatic rings. The molecule has 0 aliphatic carbocycles. The summed E-state index contributed by atoms with van der Waals surface area (Å²) in [5, 5.41) is 4.77. The number of benzene rings is 2. The van der Waals surface area contributed by atoms with Crippen molar-refractivity contribution in [3.63, 3.8) is 0 Å². The second kappa shape index (κ2) is 6.51. The zero-order chi connectivity index (χ0) is 18.9. The summed E-state index contributed by atoms with van der Waals surface area (Å²) in [6.45, 7) is 0. The van der Waals surface area contributed by atoms with Crippen molar-refractivity contribution in [3.8, 4) is 5.75 Å². The van der Waals surface area contributed by atoms with Gasteiger partial charge in [-0.15, -0.1) is 13.2 Å². The molecule has 0 aromatic heterocycles. The van der Waals surface area contributed by atoms with Crippen LogP contribution in [-0.2, 0) is 14.4 Å². The summed E-state index contributed by atoms with van der Waals surface area (Å²) in [4.78, 5) is 36.4. The number of hydrogen-bond acceptors (Lipinski definition) is 4. The fourth-order valence-corrected chi connectivity index (χ4v) is 2.53. The SMILES string of the molecule is O=C(Nc1ccc(OC(F)(F)F)cc1)C(=O)[C@@H]1C(=O)Nc2ccccc21. The van der Waals surface area contributed by atoms with Gasteiger partial charge in [0.25, 0.3) is 5.91 Å². The molecule has 0 radical (unpaired) electrons. The number of hydrogen-bond donors (Lipinski definition) is 2. The molecule has 2 amide bonds. The van der Waals surface area contributed by atoms with Crippen LogP contribution in [0, 0.1) is 0 Å². The lowest BCUT2D eigenvalue weighted by atomic mass is 9.95. The van der Waals surface area contributed by atoms with Crippen LogP contribution in [0.2, 0.25) is 0 Å². The molecule has 2 aromatic carbocycles. The van der Waals surface area contributed by atoms with Gasteiger partial charge < -0.3 is 15.4 Å². The normalized spacial score (nSPS) is 15.8. The van der Waals surface area contributed by atoms with Crippen LogP contribution in [0.25, 0.3) is 0 Å². The predicted octanol–water partition coefficient (Wildman–Crippen LogP) is 2.83. The van der Waals surface area contributed by atoms with Crippen LogP contribution < -0.4 is 15.4 Å². The van der Waals surface area contributed by atoms with Gasteiger partial charge >= 0.3 is 6.36 Å². The van der Waals surface area contributed by atoms with E-state index in [0.717, 1.165) is 24.3 Å². The number of para-hydroxylation sites is 1. The molecule has 134 valence electrons. The highest BCUT2D eigenvalue weighted by Gasteiger charge is 2.39. The Hall–Kier alpha value is -3.36. The van der Waals surface area contributed by atoms with E-state index >= 15 is 0 Å². The van der Waals surface area contributed by atoms with E-state index in [1.807, 2.05) is 0 Å². The van der Waals surface area contributed by atoms with Gasteiger partial charge in [-0.25, -0.2) is 0 Å². The van der Waals surface area contributed by atoms with Crippen molar-refractivity contribution < 1.29 is 32.3 Å². The lowest BCUT2D eigenvalue weighted by molar-refractivity contribution is -0.274. The maximum absolute atomic E-state index is 12.3. The molecular weight excluding hydrogens is 353 g/mol. The average Bonchev–Trinajstić information content (AvgIpc) is 2.90. The monoisotopic (exact) mass is 364 g/mol. The third-order valence-electron chi connectivity index (χ3n) is 3.62. The van der Waals surface area contributed by atoms with Gasteiger partial charge in [0.2, 0.25) is 11.7 Å². The molecule has 6 nitrogen and oxygen atoms in total. The standard InChI is InChI=1S/C17H11F3N2O4/c18-17(19,20)26-10-7-5-9(6-8-10)21-16(25)14(23)13-11-3-1-2-4-12(11)22-15(13)24/h1-8,13H,(H,21,25)(H,22,24)/t13-/m1/s1. The first-order valence-corrected chi connectivity index (χ1v) is 7.35. The van der Waals surface area contributed by atoms with Gasteiger partial charge in [-0.1, -0.05) is 18.2 Å². The lowest BCUT2D eigenvalue weighted by Gasteiger charge is -2.11. The van der Waals surface area contributed by atoms with E-state index in [1.165, 1.54) is 0 Å². The Balaban J connectivity index is 1.70. The highest BCUT2D eigenvalue weighted by atomic mass is 19.4. The van der Waals surface area contributed by atoms with Crippen LogP contribution in [0.5, 0.6) is 5.75 Å². The number of rotatable bonds is 4. The quantitative estimate of drug-likeness (QED) is 0.645. The third-order valence-corrected chi connectivity index (χ3v) is 3.62. The average molecular weight is 364 g/mol. The van der Waals surface area contributed by atoms with Gasteiger partial charge in [0.05, 0.1) is 0 Å². The zero-order valence-corrected chi connectivity index (χ0v) is 13.0. The van der Waals surface area contributed by atoms with E-state index in [9.17, 15) is 27.6 Å². The van der Waals surface area contributed by atoms with Crippen LogP contribution in [-0.4, -0.2) is 24.0 Å². The number of ether oxygens (including phenoxy) is 1. The molecule has 0 saturated carbocycles. The number of ketones is 1. The summed E-state index contributed by atoms with van der Waals surface area (Å²) in [6.07, 6.45) is -4.83. The number of anilines is 2. The lowest BCUT2D eigenvalue weighted by Crippen LogP contribution is -2.31. The molecule has 0 saturated heterocycles. The van der Waals surface area contributed by atoms with Crippen molar-refractivity contribution in [3.05, 3.63) is 54.1 Å². The minimum atomic E-state index is -4.83. The molecule has 0 spiro atoms. The summed E-state index contributed by atoms with van der Waals surface area (Å²) in [7, 11) is 0. The number of alkyl halides is 3. The second-order valence-electron chi connectivity index (χ2n) is 5.40. The van der Waals surface area contributed by atoms with Crippen molar-refractivity contribution in [2.24, 2.45) is 0 Å². The fraction of sp³-hybridized carbons (Fsp3) is 0.118. The van der Waals surface area contributed by atoms with Crippen LogP contribution >= 0.6 is 0 Å². The molecule has 3 rings (SSSR count). The summed E-state index contributed by atoms with van der Waals surface area (Å²) in [5.41, 5.74) is 0.938. The van der Waals surface area contributed by atoms with Gasteiger partial charge in [0.15, 0.2) is 0 Å². The molecule has 1 aliphatic heterocycles. The predicted molar refractivity (Wildman–Crippen MR) is 84.6 cm³/mol. The van der Waals surface area contributed by atoms with E-state index in [0.29, 0.717) is 11.3 Å². The molecule has 0 unspecified atom stereocenters. The minimum Gasteiger partial charge on any atom is -0.406 e. The first-order valence-electron chi connectivity index (χ1n) is 7.35. The molecule has 0 bridgehead atoms. The number of carbonyl (C=O) groups is 3. The Labute approximate surface area is 145 Å². The van der Waals surface area contributed by atoms with Gasteiger partial charge in [-0.2, -0.15) is 0 Å². The van der Waals surface area contributed by atoms with Crippen molar-refractivity contribution in [1.82, 2.24) is 0 Å². The van der Waals surface area contributed by atoms with Gasteiger partial charge in [0, 0.05) is 11.4 Å². The largest absolute Gasteiger partial charge is 0.573 e. The second-order valence-corrected chi connectivity index (χ2v) is 5.40. The molecular formula is C17H11F3N2O4. The summed E-state index contributed by atoms with van der Waals surface area (Å²) < 4.78 is 40.1. The molecule has 2 N–H and O–H groups in total. The van der Waals surface area contributed by atoms with Gasteiger partial charge in [-0.05, 0) is 35.9 Å². The van der Waals surface area contributed by atoms with Crippen molar-refractivity contribution in [2.45, 2.75) is 12.3 Å². The molecule has 0 fully saturated rings. The van der Waals surface area contributed by atoms with Crippen LogP contribution in [0.15, 0.2) is 48.5 Å². The first-order chi connectivity index (χ1) is 12.2. The van der Waals surface area contributed by atoms with E-state index in [-0.39, 0.29) is 5.69 Å². The highest BCUT2D eigenvalue weighted by Crippen LogP contribution is 2.33. The summed E-state index contributed by atoms with van der Waals surface area (Å²) in [6, 6.07) is 10.8. The maximum atomic E-state index is 12.3. The van der Waals surface area contributed by atoms with E-state index in [4.69, 9.17) is 0 Å². The van der Waals surface area contributed by atoms with E-state index in [2.05, 4.69) is 15.4 Å². The molecule has 2 aromatic rings. The highest BCUT2D eigenvalue weighted by molar-refractivity contribution is 6.47. The third kappa shape index (κ3) is 3.66. The first kappa shape index (κ1) is 17.5. The smallest absolute Gasteiger partial charge is 0.406 e. The molecule has 1 atom stereocenters. The van der Waals surface area contributed by atoms with Crippen LogP contribution in [0.3, 0.4) is 0 Å². The van der Waals surface area contributed by atoms with Crippen molar-refractivity contribution in [2.75, 3.05) is 10.6 Å². The van der Waals surface area contributed by atoms with Crippen molar-refractivity contribution >= 4 is 29.0 Å². The minimum absolute atomic E-state index is 0.0876. The molecule has 26 heavy (non-hydrogen) atoms. The summed E-state index contributed by atoms with van der Waals surface area (Å²) >= 11 is 0. The topological polar surface area (TPSA) is 84.5 Å². The number of halogens is 3. The fourth-order valence-electron chi connectivity index (χ4n) is 2.53. The number of carbonyl (C=O) groups excluding carboxylic acids is 3. The van der Waals surface area contributed by atoms with E-state index < -0.39 is 35.6 Å². The Morgan fingerprint density at radius 1 is 1.04 bits per heavy atom. The van der Waals surface area contributed by atoms with Crippen LogP contribution in [0.1, 0.15) is 11.5 Å². The van der Waals surface area contributed by atoms with Crippen LogP contribution in [0.4, 0.5) is 24.5 Å². The molecule has 1 heterocycles. The Bertz CT molecular complexity index is 878. The Morgan fingerprint density at radius 2 is 1.69 bits per heavy atom. The van der Waals surface area contributed by atoms with Crippen molar-refractivity contribution in [1.29, 1.82) is 0 Å². The number of fused-ring (bicyclic) bond motifs is 1. The number of amides is 2. The Morgan fingerprint density at radius 3 is 2.35 bits per heavy atom. The zero-order valence-electron chi connectivity index (χ0n) is 13.0. The van der Waals surface area contributed by atoms with Gasteiger partial charge in [-0.3, -0.25) is 14.4 Å². The van der Waals surface area contributed by atoms with E-state index in [1.54, 1.807) is 24.3 Å². The summed E-state index contributed by atoms with van der Waals surface area (Å²) in [5.74, 6) is -4.36. The number of Topliss-reactive ketones (excluding diaryl/α,β-unsaturated/α-hetero) is 1. The Kier molecular flexibility index (Phi) is 4.37. The maximum Gasteiger partial charge on any atom is 0.573 e. The van der Waals surface area contributed by atoms with Gasteiger partial charge in [0.1, 0.15) is 11.7 Å². The number of nitrogens with one attached hydrogen (secondary N) is 2.